The zero-order valence-electron chi connectivity index (χ0n) is 4.05. The summed E-state index contributed by atoms with van der Waals surface area (Å²) in [6.07, 6.45) is 4.84. The first-order valence-electron chi connectivity index (χ1n) is 2.44. The van der Waals surface area contributed by atoms with Crippen LogP contribution in [0, 0.1) is 4.91 Å². The highest BCUT2D eigenvalue weighted by Crippen LogP contribution is 2.24. The molecule has 1 fully saturated rings. The van der Waals surface area contributed by atoms with E-state index in [0.717, 1.165) is 12.8 Å². The second-order valence-corrected chi connectivity index (χ2v) is 1.75. The van der Waals surface area contributed by atoms with Crippen LogP contribution in [0.15, 0.2) is 16.9 Å². The van der Waals surface area contributed by atoms with Gasteiger partial charge in [0, 0.05) is 0 Å². The Morgan fingerprint density at radius 2 is 2.29 bits per heavy atom. The van der Waals surface area contributed by atoms with Crippen molar-refractivity contribution in [1.29, 1.82) is 0 Å². The summed E-state index contributed by atoms with van der Waals surface area (Å²) < 4.78 is 0. The Hall–Kier alpha value is -0.660. The molecule has 0 aromatic carbocycles. The molecule has 0 aliphatic heterocycles. The fourth-order valence-corrected chi connectivity index (χ4v) is 0.585. The van der Waals surface area contributed by atoms with Gasteiger partial charge in [0.15, 0.2) is 0 Å². The smallest absolute Gasteiger partial charge is 0.0706 e. The van der Waals surface area contributed by atoms with Gasteiger partial charge in [-0.25, -0.2) is 0 Å². The van der Waals surface area contributed by atoms with Gasteiger partial charge in [-0.2, -0.15) is 0 Å². The highest BCUT2D eigenvalue weighted by atomic mass is 16.2. The molecule has 0 aromatic heterocycles. The van der Waals surface area contributed by atoms with Crippen LogP contribution in [-0.2, 0) is 0 Å². The normalized spacial score (nSPS) is 18.0. The van der Waals surface area contributed by atoms with Crippen LogP contribution in [0.25, 0.3) is 0 Å². The number of nitroso groups, excluding NO2 is 1. The molecule has 0 atom stereocenters. The summed E-state index contributed by atoms with van der Waals surface area (Å²) >= 11 is 0. The van der Waals surface area contributed by atoms with Crippen LogP contribution in [0.2, 0.25) is 0 Å². The van der Waals surface area contributed by atoms with Gasteiger partial charge >= 0.3 is 0 Å². The van der Waals surface area contributed by atoms with Crippen molar-refractivity contribution >= 4 is 0 Å². The minimum absolute atomic E-state index is 1.09. The van der Waals surface area contributed by atoms with Crippen LogP contribution >= 0.6 is 0 Å². The molecule has 0 radical (unpaired) electrons. The van der Waals surface area contributed by atoms with Crippen molar-refractivity contribution in [3.63, 3.8) is 0 Å². The van der Waals surface area contributed by atoms with E-state index in [1.807, 2.05) is 0 Å². The molecule has 0 heterocycles. The number of allylic oxidation sites excluding steroid dienone is 1. The maximum atomic E-state index is 9.48. The third-order valence-corrected chi connectivity index (χ3v) is 1.23. The molecule has 0 N–H and O–H groups in total. The molecule has 7 heavy (non-hydrogen) atoms. The van der Waals surface area contributed by atoms with E-state index in [9.17, 15) is 4.91 Å². The third kappa shape index (κ3) is 0.856. The Bertz CT molecular complexity index is 101. The van der Waals surface area contributed by atoms with E-state index < -0.39 is 0 Å². The molecule has 0 saturated heterocycles. The van der Waals surface area contributed by atoms with Gasteiger partial charge in [0.2, 0.25) is 0 Å². The zero-order chi connectivity index (χ0) is 5.11. The molecular formula is C5H7NO. The van der Waals surface area contributed by atoms with E-state index in [1.165, 1.54) is 18.2 Å². The van der Waals surface area contributed by atoms with Crippen LogP contribution < -0.4 is 0 Å². The predicted octanol–water partition coefficient (Wildman–Crippen LogP) is 1.82. The highest BCUT2D eigenvalue weighted by molar-refractivity contribution is 5.07. The molecule has 2 nitrogen and oxygen atoms in total. The molecule has 1 rings (SSSR count). The van der Waals surface area contributed by atoms with E-state index in [2.05, 4.69) is 5.18 Å². The topological polar surface area (TPSA) is 29.4 Å². The summed E-state index contributed by atoms with van der Waals surface area (Å²) in [5.41, 5.74) is 1.20. The van der Waals surface area contributed by atoms with Crippen LogP contribution in [0.4, 0.5) is 0 Å². The van der Waals surface area contributed by atoms with Crippen LogP contribution in [0.1, 0.15) is 19.3 Å². The van der Waals surface area contributed by atoms with Gasteiger partial charge in [0.05, 0.1) is 6.20 Å². The lowest BCUT2D eigenvalue weighted by atomic mass is 9.94. The maximum Gasteiger partial charge on any atom is 0.0706 e. The number of hydrogen-bond acceptors (Lipinski definition) is 2. The first-order chi connectivity index (χ1) is 3.43. The molecule has 2 heteroatoms. The molecule has 1 saturated carbocycles. The Morgan fingerprint density at radius 3 is 2.43 bits per heavy atom. The lowest BCUT2D eigenvalue weighted by Crippen LogP contribution is -1.94. The summed E-state index contributed by atoms with van der Waals surface area (Å²) in [6, 6.07) is 0. The average Bonchev–Trinajstić information content (AvgIpc) is 1.55. The molecule has 0 aromatic rings. The van der Waals surface area contributed by atoms with E-state index in [0.29, 0.717) is 0 Å². The van der Waals surface area contributed by atoms with Gasteiger partial charge in [0.1, 0.15) is 0 Å². The van der Waals surface area contributed by atoms with Gasteiger partial charge in [-0.05, 0) is 30.0 Å². The van der Waals surface area contributed by atoms with Crippen LogP contribution in [0.3, 0.4) is 0 Å². The SMILES string of the molecule is O=NC=C1CCC1. The Kier molecular flexibility index (Phi) is 1.20. The summed E-state index contributed by atoms with van der Waals surface area (Å²) in [7, 11) is 0. The lowest BCUT2D eigenvalue weighted by Gasteiger charge is -2.12. The second kappa shape index (κ2) is 1.87. The minimum Gasteiger partial charge on any atom is -0.145 e. The van der Waals surface area contributed by atoms with Crippen molar-refractivity contribution in [2.24, 2.45) is 5.18 Å². The van der Waals surface area contributed by atoms with Crippen molar-refractivity contribution in [1.82, 2.24) is 0 Å². The van der Waals surface area contributed by atoms with Crippen molar-refractivity contribution in [3.05, 3.63) is 16.7 Å². The van der Waals surface area contributed by atoms with E-state index >= 15 is 0 Å². The first-order valence-corrected chi connectivity index (χ1v) is 2.44. The van der Waals surface area contributed by atoms with Gasteiger partial charge in [-0.3, -0.25) is 0 Å². The first kappa shape index (κ1) is 4.50. The molecule has 0 unspecified atom stereocenters. The molecule has 1 aliphatic carbocycles. The quantitative estimate of drug-likeness (QED) is 0.459. The van der Waals surface area contributed by atoms with Crippen molar-refractivity contribution in [2.75, 3.05) is 0 Å². The molecular weight excluding hydrogens is 90.1 g/mol. The highest BCUT2D eigenvalue weighted by Gasteiger charge is 2.06. The molecule has 0 spiro atoms. The average molecular weight is 97.1 g/mol. The Balaban J connectivity index is 2.36. The molecule has 0 amide bonds. The summed E-state index contributed by atoms with van der Waals surface area (Å²) in [5.74, 6) is 0. The van der Waals surface area contributed by atoms with Gasteiger partial charge in [-0.1, -0.05) is 0 Å². The van der Waals surface area contributed by atoms with E-state index in [1.54, 1.807) is 0 Å². The van der Waals surface area contributed by atoms with Crippen LogP contribution in [-0.4, -0.2) is 0 Å². The second-order valence-electron chi connectivity index (χ2n) is 1.75. The fourth-order valence-electron chi connectivity index (χ4n) is 0.585. The third-order valence-electron chi connectivity index (χ3n) is 1.23. The Morgan fingerprint density at radius 1 is 1.57 bits per heavy atom. The van der Waals surface area contributed by atoms with E-state index in [-0.39, 0.29) is 0 Å². The monoisotopic (exact) mass is 97.1 g/mol. The molecule has 38 valence electrons. The van der Waals surface area contributed by atoms with E-state index in [4.69, 9.17) is 0 Å². The van der Waals surface area contributed by atoms with Crippen molar-refractivity contribution < 1.29 is 0 Å². The fraction of sp³-hybridized carbons (Fsp3) is 0.600. The van der Waals surface area contributed by atoms with Gasteiger partial charge < -0.3 is 0 Å². The van der Waals surface area contributed by atoms with Crippen molar-refractivity contribution in [3.8, 4) is 0 Å². The van der Waals surface area contributed by atoms with Crippen molar-refractivity contribution in [2.45, 2.75) is 19.3 Å². The van der Waals surface area contributed by atoms with Gasteiger partial charge in [-0.15, -0.1) is 4.91 Å². The van der Waals surface area contributed by atoms with Crippen LogP contribution in [0.5, 0.6) is 0 Å². The predicted molar refractivity (Wildman–Crippen MR) is 27.7 cm³/mol. The summed E-state index contributed by atoms with van der Waals surface area (Å²) in [5, 5.41) is 2.65. The van der Waals surface area contributed by atoms with Gasteiger partial charge in [0.25, 0.3) is 0 Å². The maximum absolute atomic E-state index is 9.48. The number of hydrogen-bond donors (Lipinski definition) is 0. The number of nitrogens with zero attached hydrogens (tertiary/aromatic N) is 1. The summed E-state index contributed by atoms with van der Waals surface area (Å²) in [4.78, 5) is 9.48. The molecule has 0 bridgehead atoms. The standard InChI is InChI=1S/C5H7NO/c7-6-4-5-2-1-3-5/h4H,1-3H2. The largest absolute Gasteiger partial charge is 0.145 e. The summed E-state index contributed by atoms with van der Waals surface area (Å²) in [6.45, 7) is 0. The number of rotatable bonds is 1. The minimum atomic E-state index is 1.09. The lowest BCUT2D eigenvalue weighted by molar-refractivity contribution is 0.659. The Labute approximate surface area is 42.2 Å². The molecule has 1 aliphatic rings. The zero-order valence-corrected chi connectivity index (χ0v) is 4.05.